The number of nitro benzene ring substituents is 1. The fourth-order valence-electron chi connectivity index (χ4n) is 7.24. The smallest absolute Gasteiger partial charge is 0.295 e. The Hall–Kier alpha value is -8.49. The van der Waals surface area contributed by atoms with Crippen LogP contribution >= 0.6 is 11.3 Å². The van der Waals surface area contributed by atoms with E-state index in [-0.39, 0.29) is 61.0 Å². The third-order valence-electron chi connectivity index (χ3n) is 10.6. The van der Waals surface area contributed by atoms with Crippen LogP contribution in [0, 0.1) is 39.7 Å². The molecule has 0 aliphatic carbocycles. The number of hydrogen-bond acceptors (Lipinski definition) is 20. The Labute approximate surface area is 416 Å². The van der Waals surface area contributed by atoms with Crippen LogP contribution in [0.25, 0.3) is 32.7 Å². The predicted molar refractivity (Wildman–Crippen MR) is 263 cm³/mol. The van der Waals surface area contributed by atoms with Gasteiger partial charge in [-0.1, -0.05) is 47.7 Å². The Bertz CT molecular complexity index is 4270. The molecule has 0 saturated heterocycles. The van der Waals surface area contributed by atoms with Gasteiger partial charge in [-0.25, -0.2) is 4.98 Å². The lowest BCUT2D eigenvalue weighted by Gasteiger charge is -2.16. The Morgan fingerprint density at radius 1 is 0.603 bits per heavy atom. The molecule has 2 aromatic heterocycles. The third kappa shape index (κ3) is 10.7. The van der Waals surface area contributed by atoms with Crippen molar-refractivity contribution < 1.29 is 56.8 Å². The maximum atomic E-state index is 12.7. The number of thiophene rings is 1. The number of rotatable bonds is 14. The molecular weight excluding hydrogens is 1050 g/mol. The van der Waals surface area contributed by atoms with E-state index in [1.165, 1.54) is 31.2 Å². The molecule has 368 valence electrons. The molecular formula is C44H28N10O14S5. The minimum absolute atomic E-state index is 0.0719. The van der Waals surface area contributed by atoms with Gasteiger partial charge < -0.3 is 10.6 Å². The molecule has 2 heterocycles. The summed E-state index contributed by atoms with van der Waals surface area (Å²) in [5, 5.41) is 56.1. The molecule has 0 aliphatic heterocycles. The molecule has 73 heavy (non-hydrogen) atoms. The van der Waals surface area contributed by atoms with Gasteiger partial charge in [0.1, 0.15) is 38.2 Å². The molecule has 0 unspecified atom stereocenters. The highest BCUT2D eigenvalue weighted by molar-refractivity contribution is 7.86. The molecule has 0 bridgehead atoms. The molecule has 0 atom stereocenters. The monoisotopic (exact) mass is 1080 g/mol. The summed E-state index contributed by atoms with van der Waals surface area (Å²) in [6, 6.07) is 28.8. The summed E-state index contributed by atoms with van der Waals surface area (Å²) in [5.74, 6) is -0.222. The SMILES string of the molecule is Cc1c(C#N)c(Nc2ccc(S(=O)(=O)O)cc2)nc(Nc2ccc(S(=O)(=O)O)cc2)c1/N=N/c1sc(/N=N/c2cc(S(=O)(=O)O)c3cc([N+](=O)[O-])cc(S(=O)(=O)O)c3c2)c(-c2ccc3ccccc3c2)c1C#N. The zero-order valence-electron chi connectivity index (χ0n) is 36.5. The van der Waals surface area contributed by atoms with Gasteiger partial charge in [0, 0.05) is 45.4 Å². The predicted octanol–water partition coefficient (Wildman–Crippen LogP) is 10.4. The maximum Gasteiger partial charge on any atom is 0.295 e. The Morgan fingerprint density at radius 3 is 1.68 bits per heavy atom. The van der Waals surface area contributed by atoms with Gasteiger partial charge in [0.25, 0.3) is 46.2 Å². The highest BCUT2D eigenvalue weighted by Gasteiger charge is 2.27. The first-order chi connectivity index (χ1) is 34.3. The number of hydrogen-bond donors (Lipinski definition) is 6. The highest BCUT2D eigenvalue weighted by Crippen LogP contribution is 2.49. The van der Waals surface area contributed by atoms with Gasteiger partial charge in [-0.3, -0.25) is 28.3 Å². The molecule has 0 amide bonds. The Balaban J connectivity index is 1.31. The molecule has 8 rings (SSSR count). The normalized spacial score (nSPS) is 12.3. The number of anilines is 4. The van der Waals surface area contributed by atoms with E-state index >= 15 is 0 Å². The van der Waals surface area contributed by atoms with Crippen molar-refractivity contribution in [2.24, 2.45) is 20.5 Å². The van der Waals surface area contributed by atoms with E-state index in [4.69, 9.17) is 0 Å². The van der Waals surface area contributed by atoms with Crippen LogP contribution in [0.15, 0.2) is 155 Å². The van der Waals surface area contributed by atoms with Gasteiger partial charge in [0.15, 0.2) is 16.6 Å². The topological polar surface area (TPSA) is 395 Å². The number of nitrogens with zero attached hydrogens (tertiary/aromatic N) is 8. The number of aromatic nitrogens is 1. The molecule has 6 N–H and O–H groups in total. The third-order valence-corrected chi connectivity index (χ3v) is 15.1. The number of benzene rings is 6. The van der Waals surface area contributed by atoms with Gasteiger partial charge in [0.2, 0.25) is 0 Å². The Kier molecular flexibility index (Phi) is 13.4. The summed E-state index contributed by atoms with van der Waals surface area (Å²) in [5.41, 5.74) is -0.706. The van der Waals surface area contributed by atoms with Gasteiger partial charge in [-0.15, -0.1) is 20.5 Å². The van der Waals surface area contributed by atoms with E-state index in [9.17, 15) is 72.5 Å². The highest BCUT2D eigenvalue weighted by atomic mass is 32.2. The molecule has 0 radical (unpaired) electrons. The second-order valence-electron chi connectivity index (χ2n) is 15.2. The minimum atomic E-state index is -5.28. The largest absolute Gasteiger partial charge is 0.339 e. The van der Waals surface area contributed by atoms with Crippen LogP contribution in [0.2, 0.25) is 0 Å². The van der Waals surface area contributed by atoms with Gasteiger partial charge in [-0.05, 0) is 90.0 Å². The van der Waals surface area contributed by atoms with Crippen LogP contribution in [0.1, 0.15) is 16.7 Å². The molecule has 0 saturated carbocycles. The standard InChI is InChI=1S/C44H28N10O14S5/c1-23-35(21-45)41(47-27-8-12-31(13-9-27)70(57,58)59)49-42(48-28-10-14-32(15-11-28)71(60,61)62)40(23)51-52-43-36(22-46)39(26-7-6-24-4-2-3-5-25(24)16-26)44(69-43)53-50-29-17-33-34(37(18-29)72(63,64)65)19-30(54(55)56)20-38(33)73(66,67)68/h2-20H,1H3,(H2,47,48,49)(H,57,58,59)(H,60,61,62)(H,63,64,65)(H,66,67,68)/b52-51+,53-50+. The maximum absolute atomic E-state index is 12.7. The van der Waals surface area contributed by atoms with Crippen LogP contribution in [0.5, 0.6) is 0 Å². The van der Waals surface area contributed by atoms with Crippen molar-refractivity contribution in [3.8, 4) is 23.3 Å². The lowest BCUT2D eigenvalue weighted by Crippen LogP contribution is -2.05. The molecule has 29 heteroatoms. The van der Waals surface area contributed by atoms with Crippen LogP contribution in [-0.4, -0.2) is 61.8 Å². The van der Waals surface area contributed by atoms with Crippen molar-refractivity contribution in [3.63, 3.8) is 0 Å². The average Bonchev–Trinajstić information content (AvgIpc) is 3.68. The van der Waals surface area contributed by atoms with Crippen molar-refractivity contribution in [2.75, 3.05) is 10.6 Å². The van der Waals surface area contributed by atoms with Crippen LogP contribution < -0.4 is 10.6 Å². The summed E-state index contributed by atoms with van der Waals surface area (Å²) in [4.78, 5) is 12.2. The first-order valence-electron chi connectivity index (χ1n) is 20.1. The Morgan fingerprint density at radius 2 is 1.14 bits per heavy atom. The fourth-order valence-corrected chi connectivity index (χ4v) is 10.6. The number of fused-ring (bicyclic) bond motifs is 2. The molecule has 8 aromatic rings. The molecule has 0 aliphatic rings. The molecule has 0 fully saturated rings. The number of nitrogens with one attached hydrogen (secondary N) is 2. The van der Waals surface area contributed by atoms with Crippen LogP contribution in [-0.2, 0) is 40.5 Å². The molecule has 24 nitrogen and oxygen atoms in total. The van der Waals surface area contributed by atoms with E-state index < -0.39 is 87.1 Å². The number of non-ortho nitro benzene ring substituents is 1. The lowest BCUT2D eigenvalue weighted by molar-refractivity contribution is -0.384. The average molecular weight is 1080 g/mol. The summed E-state index contributed by atoms with van der Waals surface area (Å²) in [6.45, 7) is 1.48. The van der Waals surface area contributed by atoms with Crippen LogP contribution in [0.4, 0.5) is 50.1 Å². The summed E-state index contributed by atoms with van der Waals surface area (Å²) in [6.07, 6.45) is 0. The van der Waals surface area contributed by atoms with E-state index in [0.717, 1.165) is 58.5 Å². The fraction of sp³-hybridized carbons (Fsp3) is 0.0227. The number of azo groups is 2. The van der Waals surface area contributed by atoms with Gasteiger partial charge >= 0.3 is 0 Å². The van der Waals surface area contributed by atoms with Crippen molar-refractivity contribution >= 4 is 123 Å². The first-order valence-corrected chi connectivity index (χ1v) is 26.7. The van der Waals surface area contributed by atoms with E-state index in [2.05, 4.69) is 42.1 Å². The van der Waals surface area contributed by atoms with E-state index in [1.54, 1.807) is 36.4 Å². The number of nitriles is 2. The summed E-state index contributed by atoms with van der Waals surface area (Å²) in [7, 11) is -19.7. The number of pyridine rings is 1. The first kappa shape index (κ1) is 50.9. The quantitative estimate of drug-likeness (QED) is 0.0255. The van der Waals surface area contributed by atoms with E-state index in [1.807, 2.05) is 12.1 Å². The van der Waals surface area contributed by atoms with Crippen molar-refractivity contribution in [1.29, 1.82) is 10.5 Å². The molecule has 0 spiro atoms. The van der Waals surface area contributed by atoms with Gasteiger partial charge in [0.05, 0.1) is 26.0 Å². The zero-order chi connectivity index (χ0) is 52.8. The summed E-state index contributed by atoms with van der Waals surface area (Å²) < 4.78 is 137. The van der Waals surface area contributed by atoms with Gasteiger partial charge in [-0.2, -0.15) is 44.2 Å². The van der Waals surface area contributed by atoms with Crippen molar-refractivity contribution in [3.05, 3.63) is 142 Å². The van der Waals surface area contributed by atoms with Crippen molar-refractivity contribution in [2.45, 2.75) is 26.5 Å². The second kappa shape index (κ2) is 19.3. The second-order valence-corrected chi connectivity index (χ2v) is 21.8. The molecule has 6 aromatic carbocycles. The van der Waals surface area contributed by atoms with E-state index in [0.29, 0.717) is 17.7 Å². The summed E-state index contributed by atoms with van der Waals surface area (Å²) >= 11 is 0.731. The number of nitro groups is 1. The van der Waals surface area contributed by atoms with Crippen molar-refractivity contribution in [1.82, 2.24) is 4.98 Å². The zero-order valence-corrected chi connectivity index (χ0v) is 40.5. The van der Waals surface area contributed by atoms with Crippen LogP contribution in [0.3, 0.4) is 0 Å². The lowest BCUT2D eigenvalue weighted by atomic mass is 10.00. The minimum Gasteiger partial charge on any atom is -0.339 e.